The highest BCUT2D eigenvalue weighted by Gasteiger charge is 2.15. The van der Waals surface area contributed by atoms with E-state index in [4.69, 9.17) is 4.42 Å². The maximum atomic E-state index is 12.7. The summed E-state index contributed by atoms with van der Waals surface area (Å²) in [6.45, 7) is 8.99. The van der Waals surface area contributed by atoms with Gasteiger partial charge in [0, 0.05) is 5.69 Å². The van der Waals surface area contributed by atoms with Gasteiger partial charge in [0.2, 0.25) is 0 Å². The maximum absolute atomic E-state index is 12.7. The van der Waals surface area contributed by atoms with E-state index in [1.54, 1.807) is 12.1 Å². The standard InChI is InChI=1S/C23H23Br2N5O2/c1-13-21(24)15(3)29(27-13)11-17-6-5-7-18(10-17)26-23(31)20-9-8-19(32-20)12-30-16(4)22(25)14(2)28-30/h5-10H,11-12H2,1-4H3,(H,26,31). The fourth-order valence-electron chi connectivity index (χ4n) is 3.50. The SMILES string of the molecule is Cc1nn(Cc2cccc(NC(=O)c3ccc(Cn4nc(C)c(Br)c4C)o3)c2)c(C)c1Br. The van der Waals surface area contributed by atoms with E-state index in [1.165, 1.54) is 0 Å². The molecular weight excluding hydrogens is 538 g/mol. The molecule has 32 heavy (non-hydrogen) atoms. The Hall–Kier alpha value is -2.65. The number of furan rings is 1. The Balaban J connectivity index is 1.44. The van der Waals surface area contributed by atoms with Crippen LogP contribution in [-0.4, -0.2) is 25.5 Å². The lowest BCUT2D eigenvalue weighted by Gasteiger charge is -2.08. The fourth-order valence-corrected chi connectivity index (χ4v) is 4.07. The van der Waals surface area contributed by atoms with Crippen LogP contribution in [0.4, 0.5) is 5.69 Å². The zero-order valence-corrected chi connectivity index (χ0v) is 21.4. The van der Waals surface area contributed by atoms with Crippen LogP contribution < -0.4 is 5.32 Å². The number of halogens is 2. The summed E-state index contributed by atoms with van der Waals surface area (Å²) >= 11 is 7.09. The Morgan fingerprint density at radius 3 is 2.16 bits per heavy atom. The summed E-state index contributed by atoms with van der Waals surface area (Å²) in [4.78, 5) is 12.7. The Morgan fingerprint density at radius 1 is 0.938 bits per heavy atom. The van der Waals surface area contributed by atoms with Crippen molar-refractivity contribution in [3.05, 3.63) is 85.2 Å². The Bertz CT molecular complexity index is 1300. The number of benzene rings is 1. The first-order valence-corrected chi connectivity index (χ1v) is 11.7. The van der Waals surface area contributed by atoms with Crippen LogP contribution in [0.2, 0.25) is 0 Å². The first kappa shape index (κ1) is 22.5. The van der Waals surface area contributed by atoms with Gasteiger partial charge in [0.25, 0.3) is 5.91 Å². The van der Waals surface area contributed by atoms with Crippen LogP contribution >= 0.6 is 31.9 Å². The van der Waals surface area contributed by atoms with Crippen molar-refractivity contribution in [2.24, 2.45) is 0 Å². The third kappa shape index (κ3) is 4.59. The summed E-state index contributed by atoms with van der Waals surface area (Å²) in [5, 5.41) is 11.9. The second kappa shape index (κ2) is 9.07. The van der Waals surface area contributed by atoms with Crippen LogP contribution in [-0.2, 0) is 13.1 Å². The molecule has 0 aliphatic heterocycles. The van der Waals surface area contributed by atoms with Crippen LogP contribution in [0.25, 0.3) is 0 Å². The van der Waals surface area contributed by atoms with E-state index in [0.29, 0.717) is 24.5 Å². The van der Waals surface area contributed by atoms with Crippen LogP contribution in [0, 0.1) is 27.7 Å². The summed E-state index contributed by atoms with van der Waals surface area (Å²) in [6, 6.07) is 11.2. The van der Waals surface area contributed by atoms with Crippen molar-refractivity contribution in [3.8, 4) is 0 Å². The molecule has 4 aromatic rings. The number of nitrogens with one attached hydrogen (secondary N) is 1. The molecule has 0 aliphatic rings. The van der Waals surface area contributed by atoms with Gasteiger partial charge in [-0.25, -0.2) is 0 Å². The molecule has 4 rings (SSSR count). The van der Waals surface area contributed by atoms with Gasteiger partial charge in [-0.2, -0.15) is 10.2 Å². The molecule has 0 atom stereocenters. The van der Waals surface area contributed by atoms with E-state index < -0.39 is 0 Å². The van der Waals surface area contributed by atoms with Gasteiger partial charge in [0.15, 0.2) is 5.76 Å². The predicted octanol–water partition coefficient (Wildman–Crippen LogP) is 5.78. The predicted molar refractivity (Wildman–Crippen MR) is 130 cm³/mol. The van der Waals surface area contributed by atoms with Crippen molar-refractivity contribution in [3.63, 3.8) is 0 Å². The van der Waals surface area contributed by atoms with Crippen molar-refractivity contribution in [2.75, 3.05) is 5.32 Å². The number of hydrogen-bond acceptors (Lipinski definition) is 4. The van der Waals surface area contributed by atoms with Crippen molar-refractivity contribution < 1.29 is 9.21 Å². The number of carbonyl (C=O) groups excluding carboxylic acids is 1. The Labute approximate surface area is 203 Å². The van der Waals surface area contributed by atoms with Crippen molar-refractivity contribution in [1.29, 1.82) is 0 Å². The van der Waals surface area contributed by atoms with Gasteiger partial charge in [-0.05, 0) is 89.4 Å². The van der Waals surface area contributed by atoms with E-state index >= 15 is 0 Å². The molecule has 166 valence electrons. The number of anilines is 1. The number of rotatable bonds is 6. The van der Waals surface area contributed by atoms with Gasteiger partial charge in [-0.15, -0.1) is 0 Å². The van der Waals surface area contributed by atoms with E-state index in [9.17, 15) is 4.79 Å². The molecule has 0 spiro atoms. The largest absolute Gasteiger partial charge is 0.454 e. The van der Waals surface area contributed by atoms with E-state index in [2.05, 4.69) is 47.4 Å². The topological polar surface area (TPSA) is 77.9 Å². The van der Waals surface area contributed by atoms with Crippen molar-refractivity contribution >= 4 is 43.5 Å². The minimum Gasteiger partial charge on any atom is -0.454 e. The smallest absolute Gasteiger partial charge is 0.291 e. The van der Waals surface area contributed by atoms with E-state index in [1.807, 2.05) is 61.3 Å². The molecule has 0 bridgehead atoms. The normalized spacial score (nSPS) is 11.2. The second-order valence-electron chi connectivity index (χ2n) is 7.71. The first-order chi connectivity index (χ1) is 15.2. The van der Waals surface area contributed by atoms with Crippen LogP contribution in [0.1, 0.15) is 44.7 Å². The Kier molecular flexibility index (Phi) is 6.39. The molecule has 7 nitrogen and oxygen atoms in total. The lowest BCUT2D eigenvalue weighted by molar-refractivity contribution is 0.0994. The molecule has 1 N–H and O–H groups in total. The maximum Gasteiger partial charge on any atom is 0.291 e. The third-order valence-electron chi connectivity index (χ3n) is 5.29. The number of hydrogen-bond donors (Lipinski definition) is 1. The van der Waals surface area contributed by atoms with Gasteiger partial charge >= 0.3 is 0 Å². The number of carbonyl (C=O) groups is 1. The highest BCUT2D eigenvalue weighted by Crippen LogP contribution is 2.23. The lowest BCUT2D eigenvalue weighted by atomic mass is 10.2. The average molecular weight is 561 g/mol. The molecule has 3 heterocycles. The summed E-state index contributed by atoms with van der Waals surface area (Å²) in [6.07, 6.45) is 0. The summed E-state index contributed by atoms with van der Waals surface area (Å²) in [7, 11) is 0. The third-order valence-corrected chi connectivity index (χ3v) is 7.59. The highest BCUT2D eigenvalue weighted by atomic mass is 79.9. The minimum atomic E-state index is -0.295. The summed E-state index contributed by atoms with van der Waals surface area (Å²) in [5.74, 6) is 0.627. The molecule has 3 aromatic heterocycles. The van der Waals surface area contributed by atoms with Crippen molar-refractivity contribution in [1.82, 2.24) is 19.6 Å². The van der Waals surface area contributed by atoms with Gasteiger partial charge in [-0.1, -0.05) is 12.1 Å². The van der Waals surface area contributed by atoms with Crippen LogP contribution in [0.15, 0.2) is 49.8 Å². The minimum absolute atomic E-state index is 0.258. The summed E-state index contributed by atoms with van der Waals surface area (Å²) < 4.78 is 11.6. The first-order valence-electron chi connectivity index (χ1n) is 10.1. The van der Waals surface area contributed by atoms with Crippen molar-refractivity contribution in [2.45, 2.75) is 40.8 Å². The molecule has 0 fully saturated rings. The van der Waals surface area contributed by atoms with Crippen LogP contribution in [0.5, 0.6) is 0 Å². The number of amides is 1. The zero-order chi connectivity index (χ0) is 23.0. The molecule has 0 saturated heterocycles. The van der Waals surface area contributed by atoms with Gasteiger partial charge in [-0.3, -0.25) is 14.2 Å². The quantitative estimate of drug-likeness (QED) is 0.324. The second-order valence-corrected chi connectivity index (χ2v) is 9.29. The fraction of sp³-hybridized carbons (Fsp3) is 0.261. The van der Waals surface area contributed by atoms with E-state index in [-0.39, 0.29) is 11.7 Å². The molecule has 0 unspecified atom stereocenters. The molecule has 0 aliphatic carbocycles. The summed E-state index contributed by atoms with van der Waals surface area (Å²) in [5.41, 5.74) is 5.68. The molecule has 0 radical (unpaired) electrons. The van der Waals surface area contributed by atoms with Gasteiger partial charge in [0.1, 0.15) is 5.76 Å². The molecule has 1 aromatic carbocycles. The molecular formula is C23H23Br2N5O2. The van der Waals surface area contributed by atoms with E-state index in [0.717, 1.165) is 37.3 Å². The molecule has 0 saturated carbocycles. The Morgan fingerprint density at radius 2 is 1.56 bits per heavy atom. The number of nitrogens with zero attached hydrogens (tertiary/aromatic N) is 4. The van der Waals surface area contributed by atoms with Gasteiger partial charge in [0.05, 0.1) is 44.8 Å². The monoisotopic (exact) mass is 559 g/mol. The zero-order valence-electron chi connectivity index (χ0n) is 18.2. The average Bonchev–Trinajstić information content (AvgIpc) is 3.39. The van der Waals surface area contributed by atoms with Crippen LogP contribution in [0.3, 0.4) is 0 Å². The lowest BCUT2D eigenvalue weighted by Crippen LogP contribution is -2.11. The molecule has 9 heteroatoms. The number of aryl methyl sites for hydroxylation is 2. The van der Waals surface area contributed by atoms with Gasteiger partial charge < -0.3 is 9.73 Å². The number of aromatic nitrogens is 4. The molecule has 1 amide bonds. The highest BCUT2D eigenvalue weighted by molar-refractivity contribution is 9.10.